The number of benzene rings is 1. The average molecular weight is 357 g/mol. The van der Waals surface area contributed by atoms with Gasteiger partial charge in [0.05, 0.1) is 13.3 Å². The van der Waals surface area contributed by atoms with Crippen molar-refractivity contribution in [1.29, 1.82) is 0 Å². The summed E-state index contributed by atoms with van der Waals surface area (Å²) in [7, 11) is 8.20. The lowest BCUT2D eigenvalue weighted by Gasteiger charge is -2.41. The number of hydrogen-bond donors (Lipinski definition) is 0. The molecule has 0 radical (unpaired) electrons. The van der Waals surface area contributed by atoms with Crippen molar-refractivity contribution < 1.29 is 4.74 Å². The van der Waals surface area contributed by atoms with Crippen molar-refractivity contribution in [1.82, 2.24) is 19.6 Å². The van der Waals surface area contributed by atoms with Crippen LogP contribution in [0.1, 0.15) is 43.0 Å². The Labute approximate surface area is 157 Å². The van der Waals surface area contributed by atoms with Gasteiger partial charge in [0.1, 0.15) is 5.75 Å². The summed E-state index contributed by atoms with van der Waals surface area (Å²) >= 11 is 0. The van der Waals surface area contributed by atoms with E-state index < -0.39 is 0 Å². The summed E-state index contributed by atoms with van der Waals surface area (Å²) < 4.78 is 7.31. The molecule has 2 aromatic rings. The molecule has 0 aliphatic carbocycles. The van der Waals surface area contributed by atoms with Crippen LogP contribution in [-0.4, -0.2) is 53.9 Å². The second-order valence-corrected chi connectivity index (χ2v) is 7.67. The summed E-state index contributed by atoms with van der Waals surface area (Å²) in [5.41, 5.74) is 2.64. The van der Waals surface area contributed by atoms with Gasteiger partial charge in [-0.05, 0) is 64.0 Å². The zero-order valence-corrected chi connectivity index (χ0v) is 16.7. The monoisotopic (exact) mass is 356 g/mol. The van der Waals surface area contributed by atoms with Gasteiger partial charge in [-0.15, -0.1) is 0 Å². The fourth-order valence-electron chi connectivity index (χ4n) is 4.25. The highest BCUT2D eigenvalue weighted by Gasteiger charge is 2.32. The summed E-state index contributed by atoms with van der Waals surface area (Å²) in [4.78, 5) is 4.97. The van der Waals surface area contributed by atoms with Gasteiger partial charge in [-0.1, -0.05) is 12.1 Å². The van der Waals surface area contributed by atoms with Crippen molar-refractivity contribution in [2.75, 3.05) is 34.3 Å². The van der Waals surface area contributed by atoms with Gasteiger partial charge >= 0.3 is 0 Å². The van der Waals surface area contributed by atoms with E-state index in [4.69, 9.17) is 4.74 Å². The topological polar surface area (TPSA) is 33.5 Å². The van der Waals surface area contributed by atoms with Gasteiger partial charge in [0.2, 0.25) is 0 Å². The van der Waals surface area contributed by atoms with E-state index in [-0.39, 0.29) is 0 Å². The zero-order chi connectivity index (χ0) is 18.7. The zero-order valence-electron chi connectivity index (χ0n) is 16.7. The van der Waals surface area contributed by atoms with Crippen LogP contribution in [0.5, 0.6) is 5.75 Å². The van der Waals surface area contributed by atoms with Crippen molar-refractivity contribution >= 4 is 0 Å². The molecule has 2 heterocycles. The molecule has 0 amide bonds. The molecule has 5 nitrogen and oxygen atoms in total. The van der Waals surface area contributed by atoms with Crippen molar-refractivity contribution in [3.05, 3.63) is 47.8 Å². The van der Waals surface area contributed by atoms with Gasteiger partial charge in [0.15, 0.2) is 0 Å². The molecule has 0 unspecified atom stereocenters. The molecule has 1 aromatic carbocycles. The number of hydrogen-bond acceptors (Lipinski definition) is 4. The molecule has 1 aliphatic rings. The fourth-order valence-corrected chi connectivity index (χ4v) is 4.25. The van der Waals surface area contributed by atoms with Crippen LogP contribution < -0.4 is 4.74 Å². The molecule has 1 saturated heterocycles. The fraction of sp³-hybridized carbons (Fsp3) is 0.571. The Kier molecular flexibility index (Phi) is 5.99. The number of aryl methyl sites for hydroxylation is 1. The molecule has 0 saturated carbocycles. The van der Waals surface area contributed by atoms with E-state index in [2.05, 4.69) is 60.3 Å². The number of methoxy groups -OCH3 is 1. The first kappa shape index (κ1) is 18.9. The van der Waals surface area contributed by atoms with Gasteiger partial charge in [0, 0.05) is 37.4 Å². The van der Waals surface area contributed by atoms with E-state index in [9.17, 15) is 0 Å². The Bertz CT molecular complexity index is 714. The van der Waals surface area contributed by atoms with Crippen LogP contribution >= 0.6 is 0 Å². The molecule has 1 aromatic heterocycles. The van der Waals surface area contributed by atoms with E-state index in [1.165, 1.54) is 24.0 Å². The minimum absolute atomic E-state index is 0.354. The summed E-state index contributed by atoms with van der Waals surface area (Å²) in [6.07, 6.45) is 6.73. The third-order valence-corrected chi connectivity index (χ3v) is 5.83. The van der Waals surface area contributed by atoms with Crippen LogP contribution in [0.3, 0.4) is 0 Å². The molecule has 1 fully saturated rings. The largest absolute Gasteiger partial charge is 0.497 e. The van der Waals surface area contributed by atoms with Crippen LogP contribution in [0.4, 0.5) is 0 Å². The summed E-state index contributed by atoms with van der Waals surface area (Å²) in [5, 5.41) is 4.40. The molecule has 26 heavy (non-hydrogen) atoms. The van der Waals surface area contributed by atoms with E-state index in [1.807, 2.05) is 24.0 Å². The standard InChI is InChI=1S/C21H32N4O/c1-16(17-8-6-10-20(12-17)26-5)24(3)14-18-9-7-11-23(2)21(18)19-13-22-25(4)15-19/h6,8,10,12-13,15-16,18,21H,7,9,11,14H2,1-5H3/t16-,18-,21+/m0/s1. The lowest BCUT2D eigenvalue weighted by atomic mass is 9.85. The Balaban J connectivity index is 1.74. The van der Waals surface area contributed by atoms with Crippen LogP contribution in [0.25, 0.3) is 0 Å². The second-order valence-electron chi connectivity index (χ2n) is 7.67. The lowest BCUT2D eigenvalue weighted by molar-refractivity contribution is 0.0839. The molecule has 0 bridgehead atoms. The third kappa shape index (κ3) is 4.10. The quantitative estimate of drug-likeness (QED) is 0.793. The van der Waals surface area contributed by atoms with Gasteiger partial charge < -0.3 is 4.74 Å². The van der Waals surface area contributed by atoms with Gasteiger partial charge in [-0.2, -0.15) is 5.10 Å². The van der Waals surface area contributed by atoms with Crippen LogP contribution in [-0.2, 0) is 7.05 Å². The summed E-state index contributed by atoms with van der Waals surface area (Å²) in [6.45, 7) is 4.51. The molecule has 5 heteroatoms. The Morgan fingerprint density at radius 3 is 2.85 bits per heavy atom. The van der Waals surface area contributed by atoms with Crippen molar-refractivity contribution in [3.63, 3.8) is 0 Å². The van der Waals surface area contributed by atoms with Crippen LogP contribution in [0, 0.1) is 5.92 Å². The average Bonchev–Trinajstić information content (AvgIpc) is 3.07. The molecule has 0 spiro atoms. The minimum atomic E-state index is 0.354. The van der Waals surface area contributed by atoms with E-state index >= 15 is 0 Å². The minimum Gasteiger partial charge on any atom is -0.497 e. The van der Waals surface area contributed by atoms with Crippen molar-refractivity contribution in [2.45, 2.75) is 31.8 Å². The predicted octanol–water partition coefficient (Wildman–Crippen LogP) is 3.50. The van der Waals surface area contributed by atoms with Gasteiger partial charge in [-0.3, -0.25) is 14.5 Å². The van der Waals surface area contributed by atoms with Gasteiger partial charge in [-0.25, -0.2) is 0 Å². The number of rotatable bonds is 6. The SMILES string of the molecule is COc1cccc([C@H](C)N(C)C[C@@H]2CCCN(C)[C@H]2c2cnn(C)c2)c1. The van der Waals surface area contributed by atoms with Crippen LogP contribution in [0.15, 0.2) is 36.7 Å². The normalized spacial score (nSPS) is 22.5. The maximum atomic E-state index is 5.39. The number of ether oxygens (including phenoxy) is 1. The Morgan fingerprint density at radius 2 is 2.15 bits per heavy atom. The van der Waals surface area contributed by atoms with Crippen LogP contribution in [0.2, 0.25) is 0 Å². The Hall–Kier alpha value is -1.85. The maximum Gasteiger partial charge on any atom is 0.119 e. The van der Waals surface area contributed by atoms with Crippen molar-refractivity contribution in [3.8, 4) is 5.75 Å². The molecule has 1 aliphatic heterocycles. The molecular weight excluding hydrogens is 324 g/mol. The highest BCUT2D eigenvalue weighted by Crippen LogP contribution is 2.36. The van der Waals surface area contributed by atoms with Crippen molar-refractivity contribution in [2.24, 2.45) is 13.0 Å². The van der Waals surface area contributed by atoms with Gasteiger partial charge in [0.25, 0.3) is 0 Å². The number of likely N-dealkylation sites (tertiary alicyclic amines) is 1. The third-order valence-electron chi connectivity index (χ3n) is 5.83. The number of nitrogens with zero attached hydrogens (tertiary/aromatic N) is 4. The highest BCUT2D eigenvalue weighted by atomic mass is 16.5. The number of piperidine rings is 1. The highest BCUT2D eigenvalue weighted by molar-refractivity contribution is 5.30. The van der Waals surface area contributed by atoms with E-state index in [1.54, 1.807) is 7.11 Å². The van der Waals surface area contributed by atoms with E-state index in [0.717, 1.165) is 18.8 Å². The summed E-state index contributed by atoms with van der Waals surface area (Å²) in [5.74, 6) is 1.53. The first-order chi connectivity index (χ1) is 12.5. The molecule has 3 atom stereocenters. The number of aromatic nitrogens is 2. The molecule has 0 N–H and O–H groups in total. The lowest BCUT2D eigenvalue weighted by Crippen LogP contribution is -2.41. The molecule has 142 valence electrons. The smallest absolute Gasteiger partial charge is 0.119 e. The first-order valence-electron chi connectivity index (χ1n) is 9.52. The predicted molar refractivity (Wildman–Crippen MR) is 105 cm³/mol. The van der Waals surface area contributed by atoms with E-state index in [0.29, 0.717) is 18.0 Å². The second kappa shape index (κ2) is 8.23. The summed E-state index contributed by atoms with van der Waals surface area (Å²) in [6, 6.07) is 9.21. The first-order valence-corrected chi connectivity index (χ1v) is 9.52. The Morgan fingerprint density at radius 1 is 1.35 bits per heavy atom. The molecular formula is C21H32N4O. The molecule has 3 rings (SSSR count). The maximum absolute atomic E-state index is 5.39.